The van der Waals surface area contributed by atoms with Gasteiger partial charge in [0.2, 0.25) is 0 Å². The van der Waals surface area contributed by atoms with Gasteiger partial charge in [0.05, 0.1) is 0 Å². The van der Waals surface area contributed by atoms with Crippen molar-refractivity contribution in [1.82, 2.24) is 10.3 Å². The molecule has 0 fully saturated rings. The third-order valence-corrected chi connectivity index (χ3v) is 3.52. The Morgan fingerprint density at radius 2 is 2.24 bits per heavy atom. The Morgan fingerprint density at radius 3 is 2.82 bits per heavy atom. The second kappa shape index (κ2) is 6.61. The van der Waals surface area contributed by atoms with E-state index in [-0.39, 0.29) is 17.8 Å². The molecule has 7 heteroatoms. The SMILES string of the molecule is O=C(NCCC[Se]C(F)(F)F)c1cccnc1. The molecule has 0 aliphatic heterocycles. The number of alkyl halides is 3. The van der Waals surface area contributed by atoms with Crippen LogP contribution in [0.5, 0.6) is 0 Å². The van der Waals surface area contributed by atoms with E-state index in [1.807, 2.05) is 0 Å². The molecule has 1 rings (SSSR count). The zero-order valence-electron chi connectivity index (χ0n) is 8.83. The van der Waals surface area contributed by atoms with Crippen molar-refractivity contribution < 1.29 is 18.0 Å². The molecule has 0 aliphatic carbocycles. The van der Waals surface area contributed by atoms with Crippen LogP contribution in [0, 0.1) is 0 Å². The topological polar surface area (TPSA) is 42.0 Å². The van der Waals surface area contributed by atoms with Gasteiger partial charge in [-0.05, 0) is 0 Å². The molecule has 0 spiro atoms. The van der Waals surface area contributed by atoms with Gasteiger partial charge in [-0.15, -0.1) is 0 Å². The fourth-order valence-electron chi connectivity index (χ4n) is 1.06. The van der Waals surface area contributed by atoms with Gasteiger partial charge in [0.25, 0.3) is 0 Å². The fourth-order valence-corrected chi connectivity index (χ4v) is 2.15. The van der Waals surface area contributed by atoms with Crippen molar-refractivity contribution in [2.24, 2.45) is 0 Å². The minimum absolute atomic E-state index is 0.0871. The molecule has 1 heterocycles. The molecule has 1 aromatic rings. The van der Waals surface area contributed by atoms with E-state index in [0.29, 0.717) is 12.0 Å². The summed E-state index contributed by atoms with van der Waals surface area (Å²) in [6.45, 7) is 0.256. The Bertz CT molecular complexity index is 356. The fraction of sp³-hybridized carbons (Fsp3) is 0.400. The zero-order valence-corrected chi connectivity index (χ0v) is 10.5. The van der Waals surface area contributed by atoms with Gasteiger partial charge >= 0.3 is 103 Å². The number of halogens is 3. The molecular formula is C10H11F3N2OSe. The summed E-state index contributed by atoms with van der Waals surface area (Å²) in [6, 6.07) is 3.23. The van der Waals surface area contributed by atoms with Crippen molar-refractivity contribution in [1.29, 1.82) is 0 Å². The van der Waals surface area contributed by atoms with Crippen LogP contribution >= 0.6 is 0 Å². The van der Waals surface area contributed by atoms with Gasteiger partial charge in [0.15, 0.2) is 0 Å². The van der Waals surface area contributed by atoms with Crippen molar-refractivity contribution in [3.63, 3.8) is 0 Å². The van der Waals surface area contributed by atoms with E-state index in [1.165, 1.54) is 6.20 Å². The van der Waals surface area contributed by atoms with E-state index in [2.05, 4.69) is 10.3 Å². The summed E-state index contributed by atoms with van der Waals surface area (Å²) in [5, 5.41) is -1.42. The first-order valence-corrected chi connectivity index (χ1v) is 6.95. The maximum absolute atomic E-state index is 11.8. The predicted molar refractivity (Wildman–Crippen MR) is 57.8 cm³/mol. The molecule has 1 aromatic heterocycles. The number of aromatic nitrogens is 1. The Kier molecular flexibility index (Phi) is 5.44. The van der Waals surface area contributed by atoms with E-state index < -0.39 is 20.0 Å². The summed E-state index contributed by atoms with van der Waals surface area (Å²) in [6.07, 6.45) is 3.29. The summed E-state index contributed by atoms with van der Waals surface area (Å²) in [4.78, 5) is 15.2. The molecule has 0 aromatic carbocycles. The monoisotopic (exact) mass is 312 g/mol. The second-order valence-electron chi connectivity index (χ2n) is 3.15. The van der Waals surface area contributed by atoms with E-state index in [1.54, 1.807) is 18.3 Å². The molecular weight excluding hydrogens is 300 g/mol. The third-order valence-electron chi connectivity index (χ3n) is 1.80. The van der Waals surface area contributed by atoms with Crippen molar-refractivity contribution in [3.8, 4) is 0 Å². The molecule has 0 atom stereocenters. The summed E-state index contributed by atoms with van der Waals surface area (Å²) in [7, 11) is 0. The molecule has 17 heavy (non-hydrogen) atoms. The first kappa shape index (κ1) is 14.0. The van der Waals surface area contributed by atoms with Gasteiger partial charge in [-0.25, -0.2) is 0 Å². The van der Waals surface area contributed by atoms with Crippen LogP contribution < -0.4 is 5.32 Å². The van der Waals surface area contributed by atoms with E-state index >= 15 is 0 Å². The Hall–Kier alpha value is -1.07. The number of rotatable bonds is 5. The van der Waals surface area contributed by atoms with Gasteiger partial charge < -0.3 is 0 Å². The molecule has 0 saturated carbocycles. The summed E-state index contributed by atoms with van der Waals surface area (Å²) < 4.78 is 35.5. The number of hydrogen-bond acceptors (Lipinski definition) is 2. The second-order valence-corrected chi connectivity index (χ2v) is 5.58. The Balaban J connectivity index is 2.18. The number of carbonyl (C=O) groups is 1. The van der Waals surface area contributed by atoms with E-state index in [4.69, 9.17) is 0 Å². The van der Waals surface area contributed by atoms with Crippen LogP contribution in [0.2, 0.25) is 5.32 Å². The maximum atomic E-state index is 11.8. The number of nitrogens with one attached hydrogen (secondary N) is 1. The normalized spacial score (nSPS) is 11.2. The number of pyridine rings is 1. The Morgan fingerprint density at radius 1 is 1.47 bits per heavy atom. The molecule has 94 valence electrons. The summed E-state index contributed by atoms with van der Waals surface area (Å²) >= 11 is -1.36. The molecule has 0 radical (unpaired) electrons. The van der Waals surface area contributed by atoms with Crippen LogP contribution in [0.4, 0.5) is 13.2 Å². The first-order chi connectivity index (χ1) is 7.99. The van der Waals surface area contributed by atoms with Crippen LogP contribution in [0.3, 0.4) is 0 Å². The molecule has 0 saturated heterocycles. The van der Waals surface area contributed by atoms with Crippen LogP contribution in [-0.4, -0.2) is 37.5 Å². The summed E-state index contributed by atoms with van der Waals surface area (Å²) in [5.74, 6) is -0.308. The van der Waals surface area contributed by atoms with Crippen molar-refractivity contribution in [3.05, 3.63) is 30.1 Å². The zero-order chi connectivity index (χ0) is 12.7. The van der Waals surface area contributed by atoms with Gasteiger partial charge in [-0.2, -0.15) is 0 Å². The molecule has 3 nitrogen and oxygen atoms in total. The standard InChI is InChI=1S/C10H11F3N2OSe/c11-10(12,13)17-6-2-5-15-9(16)8-3-1-4-14-7-8/h1,3-4,7H,2,5-6H2,(H,15,16). The number of carbonyl (C=O) groups excluding carboxylic acids is 1. The van der Waals surface area contributed by atoms with Gasteiger partial charge in [0.1, 0.15) is 0 Å². The van der Waals surface area contributed by atoms with Crippen molar-refractivity contribution in [2.45, 2.75) is 16.8 Å². The average molecular weight is 311 g/mol. The minimum atomic E-state index is -4.06. The molecule has 1 N–H and O–H groups in total. The number of nitrogens with zero attached hydrogens (tertiary/aromatic N) is 1. The third kappa shape index (κ3) is 6.28. The molecule has 0 unspecified atom stereocenters. The van der Waals surface area contributed by atoms with Crippen LogP contribution in [-0.2, 0) is 0 Å². The first-order valence-electron chi connectivity index (χ1n) is 4.88. The van der Waals surface area contributed by atoms with E-state index in [9.17, 15) is 18.0 Å². The van der Waals surface area contributed by atoms with Crippen LogP contribution in [0.1, 0.15) is 16.8 Å². The molecule has 0 aliphatic rings. The van der Waals surface area contributed by atoms with Crippen molar-refractivity contribution >= 4 is 20.9 Å². The van der Waals surface area contributed by atoms with E-state index in [0.717, 1.165) is 0 Å². The van der Waals surface area contributed by atoms with Crippen molar-refractivity contribution in [2.75, 3.05) is 6.54 Å². The van der Waals surface area contributed by atoms with Gasteiger partial charge in [-0.1, -0.05) is 0 Å². The van der Waals surface area contributed by atoms with Crippen LogP contribution in [0.15, 0.2) is 24.5 Å². The number of amides is 1. The predicted octanol–water partition coefficient (Wildman–Crippen LogP) is 1.84. The summed E-state index contributed by atoms with van der Waals surface area (Å²) in [5.41, 5.74) is 0.411. The quantitative estimate of drug-likeness (QED) is 0.666. The molecule has 0 bridgehead atoms. The Labute approximate surface area is 103 Å². The molecule has 1 amide bonds. The van der Waals surface area contributed by atoms with Crippen LogP contribution in [0.25, 0.3) is 0 Å². The average Bonchev–Trinajstić information content (AvgIpc) is 2.28. The van der Waals surface area contributed by atoms with Gasteiger partial charge in [0, 0.05) is 0 Å². The van der Waals surface area contributed by atoms with Gasteiger partial charge in [-0.3, -0.25) is 0 Å². The number of hydrogen-bond donors (Lipinski definition) is 1.